The van der Waals surface area contributed by atoms with Crippen LogP contribution in [0.1, 0.15) is 45.4 Å². The molecule has 1 atom stereocenters. The fraction of sp³-hybridized carbons (Fsp3) is 0.600. The van der Waals surface area contributed by atoms with Gasteiger partial charge in [-0.3, -0.25) is 19.9 Å². The summed E-state index contributed by atoms with van der Waals surface area (Å²) in [6, 6.07) is 2.51. The van der Waals surface area contributed by atoms with Crippen LogP contribution < -0.4 is 10.6 Å². The number of aromatic nitrogens is 1. The molecule has 170 valence electrons. The first-order valence-corrected chi connectivity index (χ1v) is 11.9. The molecule has 1 saturated carbocycles. The van der Waals surface area contributed by atoms with Crippen LogP contribution >= 0.6 is 0 Å². The summed E-state index contributed by atoms with van der Waals surface area (Å²) in [6.07, 6.45) is 6.12. The quantitative estimate of drug-likeness (QED) is 0.619. The maximum Gasteiger partial charge on any atom is 0.321 e. The number of nitrogens with one attached hydrogen (secondary N) is 2. The average molecular weight is 453 g/mol. The molecule has 2 heterocycles. The van der Waals surface area contributed by atoms with E-state index in [1.807, 2.05) is 0 Å². The van der Waals surface area contributed by atoms with E-state index in [4.69, 9.17) is 4.74 Å². The van der Waals surface area contributed by atoms with Gasteiger partial charge in [-0.05, 0) is 44.7 Å². The monoisotopic (exact) mass is 452 g/mol. The van der Waals surface area contributed by atoms with Gasteiger partial charge < -0.3 is 10.1 Å². The molecule has 2 N–H and O–H groups in total. The van der Waals surface area contributed by atoms with Crippen molar-refractivity contribution in [2.45, 2.75) is 62.5 Å². The van der Waals surface area contributed by atoms with Crippen molar-refractivity contribution in [2.24, 2.45) is 5.92 Å². The fourth-order valence-corrected chi connectivity index (χ4v) is 5.24. The molecule has 3 amide bonds. The summed E-state index contributed by atoms with van der Waals surface area (Å²) in [7, 11) is -3.66. The largest absolute Gasteiger partial charge is 0.452 e. The summed E-state index contributed by atoms with van der Waals surface area (Å²) in [5.74, 6) is -1.78. The Morgan fingerprint density at radius 3 is 2.45 bits per heavy atom. The number of ether oxygens (including phenoxy) is 1. The normalized spacial score (nSPS) is 19.5. The number of rotatable bonds is 6. The molecule has 31 heavy (non-hydrogen) atoms. The van der Waals surface area contributed by atoms with Gasteiger partial charge in [0.05, 0.1) is 5.92 Å². The number of carbonyl (C=O) groups is 3. The number of urea groups is 1. The predicted octanol–water partition coefficient (Wildman–Crippen LogP) is 1.18. The maximum atomic E-state index is 12.6. The van der Waals surface area contributed by atoms with E-state index in [0.717, 1.165) is 25.7 Å². The van der Waals surface area contributed by atoms with Gasteiger partial charge >= 0.3 is 12.0 Å². The first-order chi connectivity index (χ1) is 14.8. The number of nitrogens with zero attached hydrogens (tertiary/aromatic N) is 2. The average Bonchev–Trinajstić information content (AvgIpc) is 3.27. The van der Waals surface area contributed by atoms with E-state index in [0.29, 0.717) is 0 Å². The second kappa shape index (κ2) is 10.2. The number of piperidine rings is 1. The molecule has 0 bridgehead atoms. The number of carbonyl (C=O) groups excluding carboxylic acids is 3. The maximum absolute atomic E-state index is 12.6. The topological polar surface area (TPSA) is 135 Å². The molecule has 11 heteroatoms. The molecule has 1 saturated heterocycles. The van der Waals surface area contributed by atoms with E-state index < -0.39 is 40.0 Å². The number of esters is 1. The highest BCUT2D eigenvalue weighted by molar-refractivity contribution is 7.89. The summed E-state index contributed by atoms with van der Waals surface area (Å²) in [5.41, 5.74) is 0. The van der Waals surface area contributed by atoms with Gasteiger partial charge in [0.2, 0.25) is 10.0 Å². The Hall–Kier alpha value is -2.53. The molecular weight excluding hydrogens is 424 g/mol. The van der Waals surface area contributed by atoms with Crippen LogP contribution in [0.4, 0.5) is 4.79 Å². The molecule has 0 aromatic carbocycles. The molecule has 1 aliphatic carbocycles. The summed E-state index contributed by atoms with van der Waals surface area (Å²) >= 11 is 0. The van der Waals surface area contributed by atoms with E-state index in [1.165, 1.54) is 29.7 Å². The molecule has 1 unspecified atom stereocenters. The van der Waals surface area contributed by atoms with Crippen LogP contribution in [-0.4, -0.2) is 60.8 Å². The van der Waals surface area contributed by atoms with Gasteiger partial charge in [-0.2, -0.15) is 4.31 Å². The number of pyridine rings is 1. The van der Waals surface area contributed by atoms with E-state index in [2.05, 4.69) is 15.6 Å². The van der Waals surface area contributed by atoms with Crippen molar-refractivity contribution in [3.8, 4) is 0 Å². The van der Waals surface area contributed by atoms with Crippen LogP contribution in [0, 0.1) is 5.92 Å². The first-order valence-electron chi connectivity index (χ1n) is 10.5. The minimum Gasteiger partial charge on any atom is -0.452 e. The highest BCUT2D eigenvalue weighted by atomic mass is 32.2. The van der Waals surface area contributed by atoms with Crippen molar-refractivity contribution in [1.29, 1.82) is 0 Å². The molecule has 0 radical (unpaired) electrons. The van der Waals surface area contributed by atoms with Crippen molar-refractivity contribution in [2.75, 3.05) is 13.1 Å². The molecule has 0 spiro atoms. The van der Waals surface area contributed by atoms with Crippen molar-refractivity contribution in [3.63, 3.8) is 0 Å². The molecular formula is C20H28N4O6S. The lowest BCUT2D eigenvalue weighted by Crippen LogP contribution is -2.48. The smallest absolute Gasteiger partial charge is 0.321 e. The number of hydrogen-bond donors (Lipinski definition) is 2. The molecule has 2 fully saturated rings. The number of amides is 3. The Morgan fingerprint density at radius 2 is 1.84 bits per heavy atom. The van der Waals surface area contributed by atoms with Crippen molar-refractivity contribution >= 4 is 27.9 Å². The van der Waals surface area contributed by atoms with E-state index in [-0.39, 0.29) is 36.9 Å². The summed E-state index contributed by atoms with van der Waals surface area (Å²) in [4.78, 5) is 40.4. The van der Waals surface area contributed by atoms with Crippen LogP contribution in [0.25, 0.3) is 0 Å². The standard InChI is InChI=1S/C20H28N4O6S/c1-14(18(25)23-20(27)22-16-5-2-3-6-16)30-19(26)15-8-11-24(12-9-15)31(28,29)17-7-4-10-21-13-17/h4,7,10,13-16H,2-3,5-6,8-9,11-12H2,1H3,(H2,22,23,25,27). The third kappa shape index (κ3) is 6.01. The van der Waals surface area contributed by atoms with Gasteiger partial charge in [-0.25, -0.2) is 13.2 Å². The lowest BCUT2D eigenvalue weighted by Gasteiger charge is -2.30. The van der Waals surface area contributed by atoms with Gasteiger partial charge in [0.1, 0.15) is 4.90 Å². The minimum absolute atomic E-state index is 0.0683. The van der Waals surface area contributed by atoms with Crippen molar-refractivity contribution < 1.29 is 27.5 Å². The van der Waals surface area contributed by atoms with Crippen LogP contribution in [0.5, 0.6) is 0 Å². The molecule has 1 aromatic heterocycles. The Morgan fingerprint density at radius 1 is 1.16 bits per heavy atom. The van der Waals surface area contributed by atoms with E-state index in [1.54, 1.807) is 6.07 Å². The zero-order valence-corrected chi connectivity index (χ0v) is 18.3. The summed E-state index contributed by atoms with van der Waals surface area (Å²) < 4.78 is 31.8. The van der Waals surface area contributed by atoms with E-state index >= 15 is 0 Å². The number of imide groups is 1. The highest BCUT2D eigenvalue weighted by Gasteiger charge is 2.34. The lowest BCUT2D eigenvalue weighted by atomic mass is 9.98. The zero-order valence-electron chi connectivity index (χ0n) is 17.5. The zero-order chi connectivity index (χ0) is 22.4. The Labute approximate surface area is 181 Å². The molecule has 1 aromatic rings. The van der Waals surface area contributed by atoms with E-state index in [9.17, 15) is 22.8 Å². The Balaban J connectivity index is 1.44. The first kappa shape index (κ1) is 23.1. The van der Waals surface area contributed by atoms with Gasteiger partial charge in [-0.1, -0.05) is 12.8 Å². The van der Waals surface area contributed by atoms with Crippen molar-refractivity contribution in [1.82, 2.24) is 19.9 Å². The van der Waals surface area contributed by atoms with Gasteiger partial charge in [-0.15, -0.1) is 0 Å². The van der Waals surface area contributed by atoms with Crippen LogP contribution in [-0.2, 0) is 24.3 Å². The fourth-order valence-electron chi connectivity index (χ4n) is 3.81. The summed E-state index contributed by atoms with van der Waals surface area (Å²) in [5, 5.41) is 4.94. The molecule has 2 aliphatic rings. The second-order valence-corrected chi connectivity index (χ2v) is 9.83. The van der Waals surface area contributed by atoms with Crippen LogP contribution in [0.2, 0.25) is 0 Å². The molecule has 3 rings (SSSR count). The number of hydrogen-bond acceptors (Lipinski definition) is 7. The summed E-state index contributed by atoms with van der Waals surface area (Å²) in [6.45, 7) is 1.74. The molecule has 10 nitrogen and oxygen atoms in total. The lowest BCUT2D eigenvalue weighted by molar-refractivity contribution is -0.159. The third-order valence-electron chi connectivity index (χ3n) is 5.65. The SMILES string of the molecule is CC(OC(=O)C1CCN(S(=O)(=O)c2cccnc2)CC1)C(=O)NC(=O)NC1CCCC1. The van der Waals surface area contributed by atoms with Gasteiger partial charge in [0, 0.05) is 31.5 Å². The highest BCUT2D eigenvalue weighted by Crippen LogP contribution is 2.24. The van der Waals surface area contributed by atoms with Gasteiger partial charge in [0.15, 0.2) is 6.10 Å². The van der Waals surface area contributed by atoms with Gasteiger partial charge in [0.25, 0.3) is 5.91 Å². The van der Waals surface area contributed by atoms with Crippen LogP contribution in [0.15, 0.2) is 29.4 Å². The van der Waals surface area contributed by atoms with Crippen molar-refractivity contribution in [3.05, 3.63) is 24.5 Å². The Kier molecular flexibility index (Phi) is 7.60. The third-order valence-corrected chi connectivity index (χ3v) is 7.53. The molecule has 1 aliphatic heterocycles. The van der Waals surface area contributed by atoms with Crippen LogP contribution in [0.3, 0.4) is 0 Å². The predicted molar refractivity (Wildman–Crippen MR) is 110 cm³/mol. The minimum atomic E-state index is -3.66. The number of sulfonamides is 1. The second-order valence-electron chi connectivity index (χ2n) is 7.89. The Bertz CT molecular complexity index is 894.